The number of ether oxygens (including phenoxy) is 1. The minimum atomic E-state index is -0.976. The maximum Gasteiger partial charge on any atom is 0.305 e. The van der Waals surface area contributed by atoms with Crippen LogP contribution in [-0.4, -0.2) is 23.1 Å². The first-order valence-electron chi connectivity index (χ1n) is 9.46. The van der Waals surface area contributed by atoms with Gasteiger partial charge in [0.15, 0.2) is 0 Å². The van der Waals surface area contributed by atoms with E-state index in [0.29, 0.717) is 11.3 Å². The third-order valence-corrected chi connectivity index (χ3v) is 4.35. The topological polar surface area (TPSA) is 75.6 Å². The summed E-state index contributed by atoms with van der Waals surface area (Å²) in [5.74, 6) is -0.568. The summed E-state index contributed by atoms with van der Waals surface area (Å²) in [7, 11) is 0. The highest BCUT2D eigenvalue weighted by Crippen LogP contribution is 2.24. The van der Waals surface area contributed by atoms with Gasteiger partial charge in [-0.05, 0) is 54.7 Å². The van der Waals surface area contributed by atoms with Crippen molar-refractivity contribution in [2.45, 2.75) is 58.6 Å². The molecule has 0 aliphatic rings. The summed E-state index contributed by atoms with van der Waals surface area (Å²) in [4.78, 5) is 23.9. The van der Waals surface area contributed by atoms with Gasteiger partial charge in [0.1, 0.15) is 5.75 Å². The predicted octanol–water partition coefficient (Wildman–Crippen LogP) is 4.72. The van der Waals surface area contributed by atoms with Crippen LogP contribution in [-0.2, 0) is 10.2 Å². The van der Waals surface area contributed by atoms with Gasteiger partial charge in [0, 0.05) is 5.56 Å². The number of carbonyl (C=O) groups excluding carboxylic acids is 1. The molecular weight excluding hydrogens is 354 g/mol. The summed E-state index contributed by atoms with van der Waals surface area (Å²) in [5.41, 5.74) is 2.36. The van der Waals surface area contributed by atoms with Crippen molar-refractivity contribution in [1.29, 1.82) is 0 Å². The summed E-state index contributed by atoms with van der Waals surface area (Å²) >= 11 is 0. The molecule has 0 aromatic heterocycles. The molecule has 0 saturated heterocycles. The third-order valence-electron chi connectivity index (χ3n) is 4.35. The Hall–Kier alpha value is -2.82. The van der Waals surface area contributed by atoms with E-state index in [1.807, 2.05) is 26.0 Å². The molecule has 5 heteroatoms. The van der Waals surface area contributed by atoms with E-state index in [4.69, 9.17) is 4.74 Å². The lowest BCUT2D eigenvalue weighted by Gasteiger charge is -2.20. The van der Waals surface area contributed by atoms with E-state index in [-0.39, 0.29) is 23.8 Å². The Morgan fingerprint density at radius 2 is 1.57 bits per heavy atom. The van der Waals surface area contributed by atoms with Gasteiger partial charge in [-0.3, -0.25) is 9.59 Å². The van der Waals surface area contributed by atoms with Crippen LogP contribution in [0.15, 0.2) is 48.5 Å². The van der Waals surface area contributed by atoms with Crippen molar-refractivity contribution in [3.63, 3.8) is 0 Å². The number of hydrogen-bond acceptors (Lipinski definition) is 3. The second-order valence-electron chi connectivity index (χ2n) is 8.19. The minimum absolute atomic E-state index is 0.000647. The summed E-state index contributed by atoms with van der Waals surface area (Å²) in [6.45, 7) is 10.2. The van der Waals surface area contributed by atoms with Crippen molar-refractivity contribution in [2.24, 2.45) is 0 Å². The first-order chi connectivity index (χ1) is 13.1. The lowest BCUT2D eigenvalue weighted by Crippen LogP contribution is -2.30. The molecule has 0 fully saturated rings. The Labute approximate surface area is 166 Å². The SMILES string of the molecule is CC(C)Oc1ccc([C@H](CC(=O)O)NC(=O)c2ccc(C(C)(C)C)cc2)cc1. The van der Waals surface area contributed by atoms with E-state index < -0.39 is 12.0 Å². The molecule has 1 atom stereocenters. The van der Waals surface area contributed by atoms with Crippen molar-refractivity contribution < 1.29 is 19.4 Å². The lowest BCUT2D eigenvalue weighted by molar-refractivity contribution is -0.137. The molecule has 0 saturated carbocycles. The molecule has 1 amide bonds. The van der Waals surface area contributed by atoms with Gasteiger partial charge in [-0.1, -0.05) is 45.0 Å². The molecule has 2 aromatic rings. The molecule has 28 heavy (non-hydrogen) atoms. The molecule has 0 aliphatic carbocycles. The Morgan fingerprint density at radius 1 is 1.00 bits per heavy atom. The Balaban J connectivity index is 2.17. The molecular formula is C23H29NO4. The number of carbonyl (C=O) groups is 2. The highest BCUT2D eigenvalue weighted by molar-refractivity contribution is 5.94. The molecule has 5 nitrogen and oxygen atoms in total. The molecule has 0 spiro atoms. The minimum Gasteiger partial charge on any atom is -0.491 e. The number of nitrogens with one attached hydrogen (secondary N) is 1. The first-order valence-corrected chi connectivity index (χ1v) is 9.46. The van der Waals surface area contributed by atoms with Crippen molar-refractivity contribution in [3.8, 4) is 5.75 Å². The molecule has 0 heterocycles. The zero-order valence-corrected chi connectivity index (χ0v) is 17.2. The molecule has 0 unspecified atom stereocenters. The monoisotopic (exact) mass is 383 g/mol. The van der Waals surface area contributed by atoms with Crippen molar-refractivity contribution in [2.75, 3.05) is 0 Å². The first kappa shape index (κ1) is 21.5. The third kappa shape index (κ3) is 6.12. The van der Waals surface area contributed by atoms with Gasteiger partial charge in [-0.15, -0.1) is 0 Å². The van der Waals surface area contributed by atoms with Crippen LogP contribution < -0.4 is 10.1 Å². The molecule has 0 bridgehead atoms. The van der Waals surface area contributed by atoms with E-state index in [1.165, 1.54) is 0 Å². The smallest absolute Gasteiger partial charge is 0.305 e. The van der Waals surface area contributed by atoms with Gasteiger partial charge in [0.05, 0.1) is 18.6 Å². The predicted molar refractivity (Wildman–Crippen MR) is 110 cm³/mol. The summed E-state index contributed by atoms with van der Waals surface area (Å²) < 4.78 is 5.62. The second-order valence-corrected chi connectivity index (χ2v) is 8.19. The van der Waals surface area contributed by atoms with Crippen molar-refractivity contribution in [1.82, 2.24) is 5.32 Å². The van der Waals surface area contributed by atoms with E-state index in [1.54, 1.807) is 36.4 Å². The lowest BCUT2D eigenvalue weighted by atomic mass is 9.86. The molecule has 0 aliphatic heterocycles. The van der Waals surface area contributed by atoms with Crippen LogP contribution in [0, 0.1) is 0 Å². The number of rotatable bonds is 7. The largest absolute Gasteiger partial charge is 0.491 e. The fourth-order valence-corrected chi connectivity index (χ4v) is 2.84. The van der Waals surface area contributed by atoms with Gasteiger partial charge >= 0.3 is 5.97 Å². The van der Waals surface area contributed by atoms with Crippen LogP contribution >= 0.6 is 0 Å². The second kappa shape index (κ2) is 8.91. The number of benzene rings is 2. The molecule has 2 rings (SSSR count). The van der Waals surface area contributed by atoms with E-state index in [2.05, 4.69) is 26.1 Å². The summed E-state index contributed by atoms with van der Waals surface area (Å²) in [5, 5.41) is 12.1. The number of carboxylic acid groups (broad SMARTS) is 1. The summed E-state index contributed by atoms with van der Waals surface area (Å²) in [6, 6.07) is 13.9. The van der Waals surface area contributed by atoms with Crippen LogP contribution in [0.3, 0.4) is 0 Å². The molecule has 0 radical (unpaired) electrons. The standard InChI is InChI=1S/C23H29NO4/c1-15(2)28-19-12-8-16(9-13-19)20(14-21(25)26)24-22(27)17-6-10-18(11-7-17)23(3,4)5/h6-13,15,20H,14H2,1-5H3,(H,24,27)(H,25,26)/t20-/m0/s1. The fraction of sp³-hybridized carbons (Fsp3) is 0.391. The zero-order chi connectivity index (χ0) is 20.9. The van der Waals surface area contributed by atoms with E-state index >= 15 is 0 Å². The van der Waals surface area contributed by atoms with Gasteiger partial charge in [0.2, 0.25) is 0 Å². The maximum absolute atomic E-state index is 12.7. The highest BCUT2D eigenvalue weighted by atomic mass is 16.5. The quantitative estimate of drug-likeness (QED) is 0.725. The average molecular weight is 383 g/mol. The Kier molecular flexibility index (Phi) is 6.84. The normalized spacial score (nSPS) is 12.5. The number of hydrogen-bond donors (Lipinski definition) is 2. The number of aliphatic carboxylic acids is 1. The van der Waals surface area contributed by atoms with Crippen molar-refractivity contribution in [3.05, 3.63) is 65.2 Å². The maximum atomic E-state index is 12.7. The van der Waals surface area contributed by atoms with Crippen LogP contribution in [0.2, 0.25) is 0 Å². The zero-order valence-electron chi connectivity index (χ0n) is 17.2. The van der Waals surface area contributed by atoms with Crippen LogP contribution in [0.1, 0.15) is 68.6 Å². The van der Waals surface area contributed by atoms with Crippen LogP contribution in [0.25, 0.3) is 0 Å². The molecule has 2 N–H and O–H groups in total. The van der Waals surface area contributed by atoms with Gasteiger partial charge in [-0.25, -0.2) is 0 Å². The Morgan fingerprint density at radius 3 is 2.04 bits per heavy atom. The highest BCUT2D eigenvalue weighted by Gasteiger charge is 2.20. The van der Waals surface area contributed by atoms with E-state index in [0.717, 1.165) is 11.1 Å². The van der Waals surface area contributed by atoms with Gasteiger partial charge in [0.25, 0.3) is 5.91 Å². The Bertz CT molecular complexity index is 802. The summed E-state index contributed by atoms with van der Waals surface area (Å²) in [6.07, 6.45) is -0.146. The van der Waals surface area contributed by atoms with Gasteiger partial charge < -0.3 is 15.2 Å². The van der Waals surface area contributed by atoms with Crippen molar-refractivity contribution >= 4 is 11.9 Å². The fourth-order valence-electron chi connectivity index (χ4n) is 2.84. The van der Waals surface area contributed by atoms with Gasteiger partial charge in [-0.2, -0.15) is 0 Å². The molecule has 150 valence electrons. The van der Waals surface area contributed by atoms with E-state index in [9.17, 15) is 14.7 Å². The van der Waals surface area contributed by atoms with Crippen LogP contribution in [0.4, 0.5) is 0 Å². The number of carboxylic acids is 1. The van der Waals surface area contributed by atoms with Crippen LogP contribution in [0.5, 0.6) is 5.75 Å². The average Bonchev–Trinajstić information content (AvgIpc) is 2.60. The molecule has 2 aromatic carbocycles. The number of amides is 1.